The first-order valence-electron chi connectivity index (χ1n) is 4.13. The number of furan rings is 1. The van der Waals surface area contributed by atoms with Crippen LogP contribution in [0.25, 0.3) is 0 Å². The molecule has 0 aliphatic heterocycles. The molecule has 0 saturated heterocycles. The maximum absolute atomic E-state index is 5.60. The van der Waals surface area contributed by atoms with E-state index < -0.39 is 0 Å². The summed E-state index contributed by atoms with van der Waals surface area (Å²) in [6.07, 6.45) is 0.982. The minimum atomic E-state index is 0.146. The highest BCUT2D eigenvalue weighted by atomic mass is 16.3. The van der Waals surface area contributed by atoms with Crippen LogP contribution in [0.2, 0.25) is 0 Å². The Labute approximate surface area is 68.4 Å². The lowest BCUT2D eigenvalue weighted by molar-refractivity contribution is 0.388. The molecule has 0 fully saturated rings. The molecule has 0 atom stereocenters. The molecule has 11 heavy (non-hydrogen) atoms. The van der Waals surface area contributed by atoms with Crippen molar-refractivity contribution < 1.29 is 4.42 Å². The first kappa shape index (κ1) is 8.38. The van der Waals surface area contributed by atoms with Crippen LogP contribution in [0, 0.1) is 0 Å². The van der Waals surface area contributed by atoms with Crippen molar-refractivity contribution in [2.45, 2.75) is 39.5 Å². The largest absolute Gasteiger partial charge is 0.466 e. The monoisotopic (exact) mass is 152 g/mol. The van der Waals surface area contributed by atoms with Crippen molar-refractivity contribution in [2.24, 2.45) is 0 Å². The highest BCUT2D eigenvalue weighted by Gasteiger charge is 2.17. The van der Waals surface area contributed by atoms with Gasteiger partial charge in [0.1, 0.15) is 11.5 Å². The van der Waals surface area contributed by atoms with Gasteiger partial charge in [-0.1, -0.05) is 27.7 Å². The van der Waals surface area contributed by atoms with Gasteiger partial charge in [0.2, 0.25) is 0 Å². The normalized spacial score (nSPS) is 12.0. The van der Waals surface area contributed by atoms with Gasteiger partial charge < -0.3 is 4.42 Å². The molecule has 0 N–H and O–H groups in total. The van der Waals surface area contributed by atoms with Crippen LogP contribution >= 0.6 is 0 Å². The molecule has 0 bridgehead atoms. The number of aryl methyl sites for hydroxylation is 1. The minimum absolute atomic E-state index is 0.146. The molecule has 1 rings (SSSR count). The van der Waals surface area contributed by atoms with E-state index in [1.807, 2.05) is 0 Å². The Morgan fingerprint density at radius 2 is 1.91 bits per heavy atom. The standard InChI is InChI=1S/C10H16O/c1-5-8-6-7-9(11-8)10(2,3)4/h6-7H,5H2,1-4H3. The zero-order valence-electron chi connectivity index (χ0n) is 7.77. The Kier molecular flexibility index (Phi) is 2.08. The zero-order chi connectivity index (χ0) is 8.48. The van der Waals surface area contributed by atoms with Crippen LogP contribution in [0.1, 0.15) is 39.2 Å². The summed E-state index contributed by atoms with van der Waals surface area (Å²) in [5.41, 5.74) is 0.146. The van der Waals surface area contributed by atoms with Gasteiger partial charge in [0.05, 0.1) is 0 Å². The van der Waals surface area contributed by atoms with E-state index in [1.54, 1.807) is 0 Å². The molecule has 1 aromatic rings. The van der Waals surface area contributed by atoms with Crippen LogP contribution in [0.4, 0.5) is 0 Å². The molecular weight excluding hydrogens is 136 g/mol. The fourth-order valence-corrected chi connectivity index (χ4v) is 0.971. The predicted molar refractivity (Wildman–Crippen MR) is 46.8 cm³/mol. The van der Waals surface area contributed by atoms with E-state index in [0.717, 1.165) is 17.9 Å². The lowest BCUT2D eigenvalue weighted by Crippen LogP contribution is -2.09. The van der Waals surface area contributed by atoms with E-state index in [4.69, 9.17) is 4.42 Å². The third-order valence-electron chi connectivity index (χ3n) is 1.75. The number of hydrogen-bond acceptors (Lipinski definition) is 1. The van der Waals surface area contributed by atoms with Gasteiger partial charge >= 0.3 is 0 Å². The summed E-state index contributed by atoms with van der Waals surface area (Å²) in [6, 6.07) is 4.12. The van der Waals surface area contributed by atoms with Gasteiger partial charge in [-0.2, -0.15) is 0 Å². The van der Waals surface area contributed by atoms with E-state index >= 15 is 0 Å². The number of hydrogen-bond donors (Lipinski definition) is 0. The molecule has 0 aliphatic carbocycles. The summed E-state index contributed by atoms with van der Waals surface area (Å²) >= 11 is 0. The Morgan fingerprint density at radius 1 is 1.27 bits per heavy atom. The topological polar surface area (TPSA) is 13.1 Å². The van der Waals surface area contributed by atoms with Crippen LogP contribution in [0.3, 0.4) is 0 Å². The van der Waals surface area contributed by atoms with Crippen LogP contribution in [-0.2, 0) is 11.8 Å². The molecule has 0 aliphatic rings. The van der Waals surface area contributed by atoms with Gasteiger partial charge in [0.15, 0.2) is 0 Å². The first-order valence-corrected chi connectivity index (χ1v) is 4.13. The molecule has 62 valence electrons. The molecule has 1 aromatic heterocycles. The summed E-state index contributed by atoms with van der Waals surface area (Å²) in [5.74, 6) is 2.16. The van der Waals surface area contributed by atoms with Crippen LogP contribution in [0.15, 0.2) is 16.5 Å². The molecular formula is C10H16O. The quantitative estimate of drug-likeness (QED) is 0.602. The van der Waals surface area contributed by atoms with E-state index in [1.165, 1.54) is 0 Å². The van der Waals surface area contributed by atoms with Gasteiger partial charge in [-0.05, 0) is 12.1 Å². The summed E-state index contributed by atoms with van der Waals surface area (Å²) in [4.78, 5) is 0. The smallest absolute Gasteiger partial charge is 0.109 e. The molecule has 1 heterocycles. The third-order valence-corrected chi connectivity index (χ3v) is 1.75. The van der Waals surface area contributed by atoms with E-state index in [9.17, 15) is 0 Å². The predicted octanol–water partition coefficient (Wildman–Crippen LogP) is 3.14. The fourth-order valence-electron chi connectivity index (χ4n) is 0.971. The Bertz CT molecular complexity index is 227. The molecule has 0 amide bonds. The molecule has 1 heteroatoms. The Morgan fingerprint density at radius 3 is 2.18 bits per heavy atom. The van der Waals surface area contributed by atoms with E-state index in [2.05, 4.69) is 39.8 Å². The summed E-state index contributed by atoms with van der Waals surface area (Å²) in [7, 11) is 0. The second-order valence-electron chi connectivity index (χ2n) is 3.87. The molecule has 0 spiro atoms. The first-order chi connectivity index (χ1) is 5.04. The Balaban J connectivity index is 2.89. The van der Waals surface area contributed by atoms with Gasteiger partial charge in [-0.25, -0.2) is 0 Å². The summed E-state index contributed by atoms with van der Waals surface area (Å²) in [5, 5.41) is 0. The fraction of sp³-hybridized carbons (Fsp3) is 0.600. The van der Waals surface area contributed by atoms with E-state index in [-0.39, 0.29) is 5.41 Å². The average Bonchev–Trinajstić information content (AvgIpc) is 2.32. The maximum Gasteiger partial charge on any atom is 0.109 e. The maximum atomic E-state index is 5.60. The number of rotatable bonds is 1. The van der Waals surface area contributed by atoms with Gasteiger partial charge in [-0.15, -0.1) is 0 Å². The highest BCUT2D eigenvalue weighted by Crippen LogP contribution is 2.24. The molecule has 0 aromatic carbocycles. The lowest BCUT2D eigenvalue weighted by Gasteiger charge is -2.13. The molecule has 0 unspecified atom stereocenters. The van der Waals surface area contributed by atoms with E-state index in [0.29, 0.717) is 0 Å². The van der Waals surface area contributed by atoms with Gasteiger partial charge in [0, 0.05) is 11.8 Å². The van der Waals surface area contributed by atoms with Crippen LogP contribution in [-0.4, -0.2) is 0 Å². The SMILES string of the molecule is CCc1ccc(C(C)(C)C)o1. The third kappa shape index (κ3) is 1.86. The molecule has 1 nitrogen and oxygen atoms in total. The van der Waals surface area contributed by atoms with Crippen molar-refractivity contribution >= 4 is 0 Å². The zero-order valence-corrected chi connectivity index (χ0v) is 7.77. The van der Waals surface area contributed by atoms with Crippen molar-refractivity contribution in [1.29, 1.82) is 0 Å². The molecule has 0 saturated carbocycles. The minimum Gasteiger partial charge on any atom is -0.466 e. The van der Waals surface area contributed by atoms with Crippen molar-refractivity contribution in [3.05, 3.63) is 23.7 Å². The summed E-state index contributed by atoms with van der Waals surface area (Å²) < 4.78 is 5.60. The van der Waals surface area contributed by atoms with Crippen LogP contribution < -0.4 is 0 Å². The second-order valence-corrected chi connectivity index (χ2v) is 3.87. The average molecular weight is 152 g/mol. The summed E-state index contributed by atoms with van der Waals surface area (Å²) in [6.45, 7) is 8.58. The lowest BCUT2D eigenvalue weighted by atomic mass is 9.94. The highest BCUT2D eigenvalue weighted by molar-refractivity contribution is 5.13. The van der Waals surface area contributed by atoms with Crippen molar-refractivity contribution in [1.82, 2.24) is 0 Å². The van der Waals surface area contributed by atoms with Crippen molar-refractivity contribution in [2.75, 3.05) is 0 Å². The van der Waals surface area contributed by atoms with Gasteiger partial charge in [0.25, 0.3) is 0 Å². The van der Waals surface area contributed by atoms with Gasteiger partial charge in [-0.3, -0.25) is 0 Å². The van der Waals surface area contributed by atoms with Crippen molar-refractivity contribution in [3.63, 3.8) is 0 Å². The van der Waals surface area contributed by atoms with Crippen LogP contribution in [0.5, 0.6) is 0 Å². The Hall–Kier alpha value is -0.720. The second kappa shape index (κ2) is 2.72. The van der Waals surface area contributed by atoms with Crippen molar-refractivity contribution in [3.8, 4) is 0 Å². The molecule has 0 radical (unpaired) electrons.